The van der Waals surface area contributed by atoms with Crippen LogP contribution in [0, 0.1) is 21.4 Å². The van der Waals surface area contributed by atoms with Gasteiger partial charge in [0.05, 0.1) is 66.1 Å². The Balaban J connectivity index is 0.00000132. The van der Waals surface area contributed by atoms with E-state index in [1.165, 1.54) is 41.6 Å². The van der Waals surface area contributed by atoms with E-state index in [-0.39, 0.29) is 111 Å². The van der Waals surface area contributed by atoms with Crippen LogP contribution in [0.2, 0.25) is 0 Å². The Morgan fingerprint density at radius 1 is 0.596 bits per heavy atom. The van der Waals surface area contributed by atoms with Crippen molar-refractivity contribution in [3.8, 4) is 0 Å². The van der Waals surface area contributed by atoms with Crippen LogP contribution < -0.4 is 5.32 Å². The zero-order valence-corrected chi connectivity index (χ0v) is 67.6. The minimum absolute atomic E-state index is 0.00583. The van der Waals surface area contributed by atoms with E-state index in [0.717, 1.165) is 81.4 Å². The summed E-state index contributed by atoms with van der Waals surface area (Å²) in [6.07, 6.45) is 13.6. The molecule has 6 amide bonds. The van der Waals surface area contributed by atoms with E-state index in [1.54, 1.807) is 83.3 Å². The maximum Gasteiger partial charge on any atom is 0.411 e. The Labute approximate surface area is 652 Å². The Kier molecular flexibility index (Phi) is 47.8. The number of ether oxygens (including phenoxy) is 3. The van der Waals surface area contributed by atoms with Gasteiger partial charge in [-0.3, -0.25) is 53.5 Å². The first-order valence-electron chi connectivity index (χ1n) is 36.8. The molecule has 0 radical (unpaired) electrons. The van der Waals surface area contributed by atoms with E-state index in [4.69, 9.17) is 24.4 Å². The number of aromatic carboxylic acids is 1. The smallest absolute Gasteiger partial charge is 0.411 e. The number of likely N-dealkylation sites (N-methyl/N-ethyl adjacent to an activating group) is 3. The number of hydrogen-bond acceptors (Lipinski definition) is 22. The second-order valence-electron chi connectivity index (χ2n) is 28.7. The summed E-state index contributed by atoms with van der Waals surface area (Å²) in [6, 6.07) is 2.17. The molecule has 0 spiro atoms. The molecule has 109 heavy (non-hydrogen) atoms. The number of carboxylic acid groups (broad SMARTS) is 2. The molecule has 31 nitrogen and oxygen atoms in total. The molecule has 618 valence electrons. The van der Waals surface area contributed by atoms with Crippen molar-refractivity contribution in [3.05, 3.63) is 90.6 Å². The number of benzene rings is 1. The highest BCUT2D eigenvalue weighted by Gasteiger charge is 2.61. The quantitative estimate of drug-likeness (QED) is 0.00557. The number of esters is 1. The van der Waals surface area contributed by atoms with Crippen LogP contribution in [-0.2, 0) is 52.6 Å². The lowest BCUT2D eigenvalue weighted by Gasteiger charge is -2.30. The van der Waals surface area contributed by atoms with Gasteiger partial charge in [-0.05, 0) is 180 Å². The topological polar surface area (TPSA) is 415 Å². The summed E-state index contributed by atoms with van der Waals surface area (Å²) < 4.78 is 15.6. The van der Waals surface area contributed by atoms with E-state index in [0.29, 0.717) is 32.5 Å². The predicted molar refractivity (Wildman–Crippen MR) is 413 cm³/mol. The lowest BCUT2D eigenvalue weighted by molar-refractivity contribution is -0.384. The van der Waals surface area contributed by atoms with E-state index in [9.17, 15) is 83.3 Å². The molecule has 0 unspecified atom stereocenters. The molecule has 1 aliphatic carbocycles. The molecule has 1 aromatic carbocycles. The lowest BCUT2D eigenvalue weighted by Crippen LogP contribution is -2.48. The number of nitrogens with one attached hydrogen (secondary N) is 1. The van der Waals surface area contributed by atoms with Crippen LogP contribution in [0.4, 0.5) is 15.3 Å². The summed E-state index contributed by atoms with van der Waals surface area (Å²) in [5.41, 5.74) is -2.25. The van der Waals surface area contributed by atoms with Crippen LogP contribution in [0.3, 0.4) is 0 Å². The highest BCUT2D eigenvalue weighted by Crippen LogP contribution is 2.57. The summed E-state index contributed by atoms with van der Waals surface area (Å²) in [6.45, 7) is 40.1. The summed E-state index contributed by atoms with van der Waals surface area (Å²) >= 11 is 8.98. The molecule has 7 N–H and O–H groups in total. The van der Waals surface area contributed by atoms with Gasteiger partial charge in [-0.15, -0.1) is 26.3 Å². The van der Waals surface area contributed by atoms with Gasteiger partial charge in [0.1, 0.15) is 29.3 Å². The van der Waals surface area contributed by atoms with Gasteiger partial charge in [-0.1, -0.05) is 45.1 Å². The average Bonchev–Trinajstić information content (AvgIpc) is 1.58. The van der Waals surface area contributed by atoms with Crippen LogP contribution in [0.15, 0.2) is 74.9 Å². The van der Waals surface area contributed by atoms with Gasteiger partial charge in [-0.2, -0.15) is 0 Å². The van der Waals surface area contributed by atoms with E-state index in [1.807, 2.05) is 25.3 Å². The number of carboxylic acids is 2. The number of nitro benzene ring substituents is 1. The molecule has 5 fully saturated rings. The number of β-amino-alcohol motifs (C(OH)–C–C–N with tert-alkyl or cyclic N) is 4. The number of non-ortho nitro benzene ring substituents is 1. The first kappa shape index (κ1) is 101. The number of likely N-dealkylation sites (tertiary alicyclic amines) is 3. The summed E-state index contributed by atoms with van der Waals surface area (Å²) in [7, 11) is 5.27. The van der Waals surface area contributed by atoms with Crippen LogP contribution in [0.5, 0.6) is 0 Å². The van der Waals surface area contributed by atoms with Crippen molar-refractivity contribution in [2.75, 3.05) is 93.2 Å². The number of carbonyl (C=O) groups is 11. The lowest BCUT2D eigenvalue weighted by atomic mass is 9.97. The van der Waals surface area contributed by atoms with Gasteiger partial charge in [0.25, 0.3) is 5.69 Å². The third-order valence-corrected chi connectivity index (χ3v) is 18.1. The van der Waals surface area contributed by atoms with Crippen molar-refractivity contribution in [1.29, 1.82) is 0 Å². The number of hydrogen-bond donors (Lipinski definition) is 7. The summed E-state index contributed by atoms with van der Waals surface area (Å²) in [5, 5.41) is 66.9. The molecule has 0 aromatic heterocycles. The number of aliphatic hydroxyl groups excluding tert-OH is 4. The highest BCUT2D eigenvalue weighted by molar-refractivity contribution is 6.97. The molecule has 4 heterocycles. The van der Waals surface area contributed by atoms with Gasteiger partial charge in [-0.25, -0.2) is 19.2 Å². The fraction of sp³-hybridized carbons (Fsp3) is 0.671. The first-order valence-corrected chi connectivity index (χ1v) is 37.6. The Hall–Kier alpha value is -7.91. The Bertz CT molecular complexity index is 3060. The molecule has 6 rings (SSSR count). The first-order chi connectivity index (χ1) is 50.9. The third-order valence-electron chi connectivity index (χ3n) is 17.6. The number of halogens is 2. The van der Waals surface area contributed by atoms with Gasteiger partial charge < -0.3 is 74.7 Å². The Morgan fingerprint density at radius 2 is 0.982 bits per heavy atom. The number of rotatable bonds is 30. The molecule has 5 aliphatic rings. The fourth-order valence-corrected chi connectivity index (χ4v) is 11.6. The summed E-state index contributed by atoms with van der Waals surface area (Å²) in [4.78, 5) is 148. The van der Waals surface area contributed by atoms with E-state index in [2.05, 4.69) is 80.5 Å². The van der Waals surface area contributed by atoms with Crippen molar-refractivity contribution in [3.63, 3.8) is 0 Å². The molecular formula is C76H123Cl2N9O22. The number of nitrogens with zero attached hydrogens (tertiary/aromatic N) is 8. The van der Waals surface area contributed by atoms with Crippen LogP contribution in [-0.4, -0.2) is 287 Å². The van der Waals surface area contributed by atoms with Gasteiger partial charge >= 0.3 is 40.6 Å². The number of aliphatic hydroxyl groups is 4. The van der Waals surface area contributed by atoms with Crippen LogP contribution in [0.1, 0.15) is 176 Å². The van der Waals surface area contributed by atoms with Gasteiger partial charge in [0, 0.05) is 91.7 Å². The highest BCUT2D eigenvalue weighted by atomic mass is 35.5. The molecule has 4 aliphatic heterocycles. The molecule has 33 heteroatoms. The predicted octanol–water partition coefficient (Wildman–Crippen LogP) is 8.20. The van der Waals surface area contributed by atoms with Gasteiger partial charge in [0.15, 0.2) is 0 Å². The number of unbranched alkanes of at least 4 members (excludes halogenated alkanes) is 6. The zero-order chi connectivity index (χ0) is 83.7. The molecule has 10 atom stereocenters. The minimum Gasteiger partial charge on any atom is -0.480 e. The number of carbonyl (C=O) groups excluding carboxylic acids is 9. The third kappa shape index (κ3) is 38.5. The van der Waals surface area contributed by atoms with E-state index >= 15 is 0 Å². The molecule has 0 bridgehead atoms. The SMILES string of the molecule is C=CCCCCN(C)C(=O)[C@@H]1C[C@@H](O)CN1.C=CCCCCN(C)C(=O)[C@@H]1C[C@@H](O)CN1C(=O)C[C@]1(C(=O)OCC)C[C@H]1C=C.C=CCCCCN(C)C(=O)[C@@H]1C[C@@H](O)CN1C(=O)OC(C)(C)C.CC(C)(C)OC(=O)N1C[C@H](O)C[C@H]1C(=O)O.CCN(CC)CC.O=C(Cl)C(=O)Cl.O=C(O)c1ccc([N+](=O)[O-])cc1. The molecular weight excluding hydrogens is 1460 g/mol. The molecule has 4 saturated heterocycles. The minimum atomic E-state index is -1.14. The second kappa shape index (κ2) is 51.5. The Morgan fingerprint density at radius 3 is 1.29 bits per heavy atom. The maximum atomic E-state index is 13.0. The zero-order valence-electron chi connectivity index (χ0n) is 66.1. The van der Waals surface area contributed by atoms with Crippen molar-refractivity contribution < 1.29 is 103 Å². The van der Waals surface area contributed by atoms with E-state index < -0.39 is 92.6 Å². The molecule has 1 saturated carbocycles. The van der Waals surface area contributed by atoms with Gasteiger partial charge in [0.2, 0.25) is 23.6 Å². The summed E-state index contributed by atoms with van der Waals surface area (Å²) in [5.74, 6) is -3.22. The van der Waals surface area contributed by atoms with Crippen molar-refractivity contribution in [2.24, 2.45) is 11.3 Å². The second-order valence-corrected chi connectivity index (χ2v) is 29.4. The van der Waals surface area contributed by atoms with Crippen molar-refractivity contribution in [2.45, 2.75) is 225 Å². The largest absolute Gasteiger partial charge is 0.480 e. The number of nitro groups is 1. The average molecular weight is 1590 g/mol. The molecule has 1 aromatic rings. The van der Waals surface area contributed by atoms with Crippen LogP contribution in [0.25, 0.3) is 0 Å². The fourth-order valence-electron chi connectivity index (χ4n) is 11.6. The standard InChI is InChI=1S/C22H34N2O5.C17H30N2O4.C12H22N2O2.C10H17NO5.C7H5NO4.C6H15N.C2Cl2O2/c1-5-8-9-10-11-23(4)20(27)18-12-17(25)15-24(18)19(26)14-22(13-16(22)6-2)21(28)29-7-3;1-6-7-8-9-10-18(5)15(21)14-11-13(20)12-19(14)16(22)23-17(2,3)4;1-3-4-5-6-7-14(2)12(16)11-8-10(15)9-13-11;1-10(2,3)16-9(15)11-5-6(12)4-7(11)8(13)14;9-7(10)5-1-3-6(4-2-5)8(11)12;1-4-7(5-2)6-3;3-1(5)2(4)6/h5-6,16-18,25H,1-2,7-15H2,3-4H3;6,13-14,20H,1,7-12H2,2-5H3;3,10-11,13,15H,1,4-9H2,2H3;6-7,12H,4-5H2,1-3H3,(H,13,14);1-4H,(H,9,10);4-6H2,1-3H3;/t16-,17-,18+,22-;13-,14+;10-,11+;6-,7+;;;/m1111.../s1. The monoisotopic (exact) mass is 1580 g/mol. The van der Waals surface area contributed by atoms with Crippen LogP contribution >= 0.6 is 23.2 Å². The van der Waals surface area contributed by atoms with Crippen molar-refractivity contribution in [1.82, 2.24) is 39.6 Å². The normalized spacial score (nSPS) is 21.4. The number of allylic oxidation sites excluding steroid dienone is 4. The van der Waals surface area contributed by atoms with Crippen molar-refractivity contribution >= 4 is 93.1 Å². The number of amides is 6. The maximum absolute atomic E-state index is 13.0. The number of aliphatic carboxylic acids is 1.